The molecule has 0 aromatic heterocycles. The van der Waals surface area contributed by atoms with Gasteiger partial charge in [0.2, 0.25) is 0 Å². The topological polar surface area (TPSA) is 55.2 Å². The summed E-state index contributed by atoms with van der Waals surface area (Å²) in [5, 5.41) is 14.1. The van der Waals surface area contributed by atoms with Crippen molar-refractivity contribution in [3.8, 4) is 0 Å². The highest BCUT2D eigenvalue weighted by atomic mass is 79.9. The average molecular weight is 353 g/mol. The number of nitrogens with zero attached hydrogens (tertiary/aromatic N) is 1. The maximum atomic E-state index is 13.1. The van der Waals surface area contributed by atoms with E-state index in [4.69, 9.17) is 0 Å². The van der Waals surface area contributed by atoms with Crippen LogP contribution >= 0.6 is 15.9 Å². The first kappa shape index (κ1) is 15.6. The number of nitro benzene ring substituents is 1. The molecule has 0 unspecified atom stereocenters. The van der Waals surface area contributed by atoms with E-state index in [0.29, 0.717) is 23.1 Å². The van der Waals surface area contributed by atoms with Crippen molar-refractivity contribution < 1.29 is 9.31 Å². The van der Waals surface area contributed by atoms with Crippen LogP contribution in [0, 0.1) is 22.9 Å². The molecule has 0 radical (unpaired) electrons. The first-order valence-corrected chi connectivity index (χ1v) is 7.16. The molecule has 0 aliphatic heterocycles. The van der Waals surface area contributed by atoms with Crippen molar-refractivity contribution in [3.05, 3.63) is 73.5 Å². The third kappa shape index (κ3) is 3.86. The summed E-state index contributed by atoms with van der Waals surface area (Å²) >= 11 is 3.14. The van der Waals surface area contributed by atoms with E-state index in [0.717, 1.165) is 11.1 Å². The van der Waals surface area contributed by atoms with Gasteiger partial charge in [-0.2, -0.15) is 0 Å². The number of hydrogen-bond donors (Lipinski definition) is 1. The van der Waals surface area contributed by atoms with Crippen LogP contribution in [0.4, 0.5) is 10.1 Å². The van der Waals surface area contributed by atoms with Gasteiger partial charge in [-0.1, -0.05) is 18.2 Å². The van der Waals surface area contributed by atoms with Crippen molar-refractivity contribution in [2.24, 2.45) is 0 Å². The molecular formula is C15H14BrFN2O2. The minimum Gasteiger partial charge on any atom is -0.309 e. The van der Waals surface area contributed by atoms with Crippen molar-refractivity contribution in [3.63, 3.8) is 0 Å². The Kier molecular flexibility index (Phi) is 5.03. The average Bonchev–Trinajstić information content (AvgIpc) is 2.44. The molecule has 4 nitrogen and oxygen atoms in total. The highest BCUT2D eigenvalue weighted by molar-refractivity contribution is 9.10. The molecule has 0 amide bonds. The van der Waals surface area contributed by atoms with Crippen LogP contribution in [-0.4, -0.2) is 4.92 Å². The molecule has 2 aromatic rings. The quantitative estimate of drug-likeness (QED) is 0.651. The van der Waals surface area contributed by atoms with E-state index < -0.39 is 0 Å². The van der Waals surface area contributed by atoms with E-state index in [1.807, 2.05) is 6.07 Å². The molecule has 0 heterocycles. The van der Waals surface area contributed by atoms with Crippen LogP contribution in [0.5, 0.6) is 0 Å². The van der Waals surface area contributed by atoms with Crippen LogP contribution in [0.15, 0.2) is 40.9 Å². The summed E-state index contributed by atoms with van der Waals surface area (Å²) in [6, 6.07) is 9.85. The van der Waals surface area contributed by atoms with Gasteiger partial charge in [0.1, 0.15) is 5.82 Å². The van der Waals surface area contributed by atoms with Crippen LogP contribution in [0.2, 0.25) is 0 Å². The number of nitrogens with one attached hydrogen (secondary N) is 1. The van der Waals surface area contributed by atoms with Crippen molar-refractivity contribution in [1.29, 1.82) is 0 Å². The number of halogens is 2. The fraction of sp³-hybridized carbons (Fsp3) is 0.200. The van der Waals surface area contributed by atoms with Gasteiger partial charge in [0.15, 0.2) is 0 Å². The SMILES string of the molecule is Cc1c(CNCc2ccc(F)c(Br)c2)cccc1[N+](=O)[O-]. The molecular weight excluding hydrogens is 339 g/mol. The lowest BCUT2D eigenvalue weighted by atomic mass is 10.1. The Bertz CT molecular complexity index is 677. The summed E-state index contributed by atoms with van der Waals surface area (Å²) < 4.78 is 13.6. The Hall–Kier alpha value is -1.79. The summed E-state index contributed by atoms with van der Waals surface area (Å²) in [6.45, 7) is 2.81. The van der Waals surface area contributed by atoms with Gasteiger partial charge in [0.25, 0.3) is 5.69 Å². The smallest absolute Gasteiger partial charge is 0.272 e. The Morgan fingerprint density at radius 1 is 1.29 bits per heavy atom. The van der Waals surface area contributed by atoms with Gasteiger partial charge in [0, 0.05) is 24.7 Å². The van der Waals surface area contributed by atoms with E-state index in [1.54, 1.807) is 25.1 Å². The van der Waals surface area contributed by atoms with E-state index in [9.17, 15) is 14.5 Å². The molecule has 0 aliphatic carbocycles. The molecule has 0 fully saturated rings. The minimum absolute atomic E-state index is 0.124. The summed E-state index contributed by atoms with van der Waals surface area (Å²) in [6.07, 6.45) is 0. The predicted molar refractivity (Wildman–Crippen MR) is 82.5 cm³/mol. The van der Waals surface area contributed by atoms with Crippen LogP contribution in [0.1, 0.15) is 16.7 Å². The van der Waals surface area contributed by atoms with Crippen LogP contribution < -0.4 is 5.32 Å². The van der Waals surface area contributed by atoms with Gasteiger partial charge in [-0.05, 0) is 46.1 Å². The second-order valence-corrected chi connectivity index (χ2v) is 5.52. The molecule has 1 N–H and O–H groups in total. The second kappa shape index (κ2) is 6.78. The third-order valence-electron chi connectivity index (χ3n) is 3.24. The van der Waals surface area contributed by atoms with Crippen LogP contribution in [0.25, 0.3) is 0 Å². The van der Waals surface area contributed by atoms with Crippen LogP contribution in [0.3, 0.4) is 0 Å². The minimum atomic E-state index is -0.379. The lowest BCUT2D eigenvalue weighted by Crippen LogP contribution is -2.14. The van der Waals surface area contributed by atoms with Gasteiger partial charge < -0.3 is 5.32 Å². The molecule has 0 saturated heterocycles. The van der Waals surface area contributed by atoms with E-state index in [2.05, 4.69) is 21.2 Å². The summed E-state index contributed by atoms with van der Waals surface area (Å²) in [5.41, 5.74) is 2.60. The first-order chi connectivity index (χ1) is 9.99. The highest BCUT2D eigenvalue weighted by Crippen LogP contribution is 2.21. The standard InChI is InChI=1S/C15H14BrFN2O2/c1-10-12(3-2-4-15(10)19(20)21)9-18-8-11-5-6-14(17)13(16)7-11/h2-7,18H,8-9H2,1H3. The van der Waals surface area contributed by atoms with Gasteiger partial charge in [-0.15, -0.1) is 0 Å². The normalized spacial score (nSPS) is 10.6. The zero-order chi connectivity index (χ0) is 15.4. The number of rotatable bonds is 5. The van der Waals surface area contributed by atoms with Crippen molar-refractivity contribution >= 4 is 21.6 Å². The molecule has 0 saturated carbocycles. The molecule has 0 spiro atoms. The third-order valence-corrected chi connectivity index (χ3v) is 3.85. The second-order valence-electron chi connectivity index (χ2n) is 4.67. The summed E-state index contributed by atoms with van der Waals surface area (Å²) in [4.78, 5) is 10.5. The van der Waals surface area contributed by atoms with E-state index in [-0.39, 0.29) is 16.4 Å². The van der Waals surface area contributed by atoms with E-state index in [1.165, 1.54) is 12.1 Å². The fourth-order valence-electron chi connectivity index (χ4n) is 2.05. The predicted octanol–water partition coefficient (Wildman–Crippen LogP) is 4.09. The zero-order valence-corrected chi connectivity index (χ0v) is 13.0. The van der Waals surface area contributed by atoms with Crippen molar-refractivity contribution in [2.45, 2.75) is 20.0 Å². The molecule has 110 valence electrons. The lowest BCUT2D eigenvalue weighted by molar-refractivity contribution is -0.385. The Morgan fingerprint density at radius 2 is 2.05 bits per heavy atom. The Balaban J connectivity index is 2.02. The summed E-state index contributed by atoms with van der Waals surface area (Å²) in [7, 11) is 0. The molecule has 2 rings (SSSR count). The Morgan fingerprint density at radius 3 is 2.71 bits per heavy atom. The molecule has 2 aromatic carbocycles. The monoisotopic (exact) mass is 352 g/mol. The summed E-state index contributed by atoms with van der Waals surface area (Å²) in [5.74, 6) is -0.298. The lowest BCUT2D eigenvalue weighted by Gasteiger charge is -2.08. The van der Waals surface area contributed by atoms with Gasteiger partial charge in [-0.3, -0.25) is 10.1 Å². The Labute approximate surface area is 130 Å². The van der Waals surface area contributed by atoms with Crippen molar-refractivity contribution in [1.82, 2.24) is 5.32 Å². The maximum Gasteiger partial charge on any atom is 0.272 e. The van der Waals surface area contributed by atoms with Gasteiger partial charge >= 0.3 is 0 Å². The number of benzene rings is 2. The molecule has 21 heavy (non-hydrogen) atoms. The fourth-order valence-corrected chi connectivity index (χ4v) is 2.48. The largest absolute Gasteiger partial charge is 0.309 e. The maximum absolute atomic E-state index is 13.1. The molecule has 0 atom stereocenters. The van der Waals surface area contributed by atoms with Crippen molar-refractivity contribution in [2.75, 3.05) is 0 Å². The zero-order valence-electron chi connectivity index (χ0n) is 11.4. The van der Waals surface area contributed by atoms with Gasteiger partial charge in [-0.25, -0.2) is 4.39 Å². The van der Waals surface area contributed by atoms with E-state index >= 15 is 0 Å². The number of hydrogen-bond acceptors (Lipinski definition) is 3. The number of nitro groups is 1. The molecule has 6 heteroatoms. The van der Waals surface area contributed by atoms with Gasteiger partial charge in [0.05, 0.1) is 9.40 Å². The first-order valence-electron chi connectivity index (χ1n) is 6.36. The van der Waals surface area contributed by atoms with Crippen LogP contribution in [-0.2, 0) is 13.1 Å². The molecule has 0 aliphatic rings. The highest BCUT2D eigenvalue weighted by Gasteiger charge is 2.12. The molecule has 0 bridgehead atoms.